The van der Waals surface area contributed by atoms with Gasteiger partial charge in [-0.25, -0.2) is 0 Å². The maximum atomic E-state index is 12.1. The molecular formula is C11H13BrN2O2. The minimum absolute atomic E-state index is 0.00986. The number of piperidine rings is 1. The van der Waals surface area contributed by atoms with Crippen LogP contribution in [0.2, 0.25) is 0 Å². The summed E-state index contributed by atoms with van der Waals surface area (Å²) in [5.41, 5.74) is 0. The van der Waals surface area contributed by atoms with Gasteiger partial charge in [0.1, 0.15) is 0 Å². The van der Waals surface area contributed by atoms with Crippen LogP contribution in [0.5, 0.6) is 0 Å². The van der Waals surface area contributed by atoms with Crippen molar-refractivity contribution in [2.75, 3.05) is 13.1 Å². The molecule has 2 saturated heterocycles. The molecule has 1 aromatic heterocycles. The van der Waals surface area contributed by atoms with Crippen molar-refractivity contribution >= 4 is 21.8 Å². The number of rotatable bonds is 1. The van der Waals surface area contributed by atoms with Gasteiger partial charge in [0.05, 0.1) is 0 Å². The number of hydrogen-bond donors (Lipinski definition) is 1. The summed E-state index contributed by atoms with van der Waals surface area (Å²) in [5, 5.41) is 3.43. The van der Waals surface area contributed by atoms with E-state index < -0.39 is 0 Å². The second-order valence-corrected chi connectivity index (χ2v) is 5.11. The van der Waals surface area contributed by atoms with Gasteiger partial charge in [0.2, 0.25) is 0 Å². The largest absolute Gasteiger partial charge is 0.444 e. The van der Waals surface area contributed by atoms with Crippen LogP contribution in [0.3, 0.4) is 0 Å². The van der Waals surface area contributed by atoms with E-state index in [1.165, 1.54) is 0 Å². The maximum absolute atomic E-state index is 12.1. The van der Waals surface area contributed by atoms with E-state index in [2.05, 4.69) is 21.2 Å². The van der Waals surface area contributed by atoms with Crippen LogP contribution in [0.1, 0.15) is 23.4 Å². The maximum Gasteiger partial charge on any atom is 0.289 e. The Hall–Kier alpha value is -0.810. The number of carbonyl (C=O) groups excluding carboxylic acids is 1. The van der Waals surface area contributed by atoms with Gasteiger partial charge in [-0.05, 0) is 47.4 Å². The topological polar surface area (TPSA) is 45.5 Å². The molecule has 0 radical (unpaired) electrons. The highest BCUT2D eigenvalue weighted by Gasteiger charge is 2.43. The molecule has 1 amide bonds. The lowest BCUT2D eigenvalue weighted by Gasteiger charge is -2.50. The average Bonchev–Trinajstić information content (AvgIpc) is 2.67. The second-order valence-electron chi connectivity index (χ2n) is 4.33. The first-order valence-corrected chi connectivity index (χ1v) is 6.35. The summed E-state index contributed by atoms with van der Waals surface area (Å²) < 4.78 is 5.89. The van der Waals surface area contributed by atoms with Crippen molar-refractivity contribution in [2.45, 2.75) is 24.9 Å². The van der Waals surface area contributed by atoms with Crippen LogP contribution in [0.15, 0.2) is 21.2 Å². The van der Waals surface area contributed by atoms with Crippen LogP contribution in [0.25, 0.3) is 0 Å². The van der Waals surface area contributed by atoms with E-state index in [4.69, 9.17) is 4.42 Å². The van der Waals surface area contributed by atoms with Crippen molar-refractivity contribution < 1.29 is 9.21 Å². The highest BCUT2D eigenvalue weighted by atomic mass is 79.9. The molecule has 0 aliphatic carbocycles. The van der Waals surface area contributed by atoms with Crippen LogP contribution in [-0.4, -0.2) is 36.0 Å². The number of nitrogens with one attached hydrogen (secondary N) is 1. The van der Waals surface area contributed by atoms with Crippen molar-refractivity contribution in [1.82, 2.24) is 10.2 Å². The molecule has 2 unspecified atom stereocenters. The summed E-state index contributed by atoms with van der Waals surface area (Å²) in [6.45, 7) is 1.89. The fraction of sp³-hybridized carbons (Fsp3) is 0.545. The lowest BCUT2D eigenvalue weighted by Crippen LogP contribution is -2.69. The average molecular weight is 285 g/mol. The summed E-state index contributed by atoms with van der Waals surface area (Å²) >= 11 is 3.21. The molecule has 2 aliphatic heterocycles. The summed E-state index contributed by atoms with van der Waals surface area (Å²) in [7, 11) is 0. The molecule has 2 atom stereocenters. The number of nitrogens with zero attached hydrogens (tertiary/aromatic N) is 1. The van der Waals surface area contributed by atoms with Gasteiger partial charge in [-0.2, -0.15) is 0 Å². The van der Waals surface area contributed by atoms with Crippen molar-refractivity contribution in [3.63, 3.8) is 0 Å². The zero-order valence-electron chi connectivity index (χ0n) is 8.78. The smallest absolute Gasteiger partial charge is 0.289 e. The molecule has 2 aliphatic rings. The van der Waals surface area contributed by atoms with Crippen molar-refractivity contribution in [3.05, 3.63) is 22.6 Å². The standard InChI is InChI=1S/C11H13BrN2O2/c12-10-4-3-9(16-10)11(15)14-6-7-8(14)2-1-5-13-7/h3-4,7-8,13H,1-2,5-6H2. The Labute approximate surface area is 102 Å². The number of amides is 1. The molecule has 0 bridgehead atoms. The Morgan fingerprint density at radius 3 is 3.12 bits per heavy atom. The summed E-state index contributed by atoms with van der Waals surface area (Å²) in [4.78, 5) is 14.0. The molecule has 86 valence electrons. The lowest BCUT2D eigenvalue weighted by molar-refractivity contribution is 0.0147. The molecule has 16 heavy (non-hydrogen) atoms. The number of furan rings is 1. The molecule has 4 nitrogen and oxygen atoms in total. The molecule has 3 rings (SSSR count). The van der Waals surface area contributed by atoms with Crippen LogP contribution in [-0.2, 0) is 0 Å². The summed E-state index contributed by atoms with van der Waals surface area (Å²) in [6, 6.07) is 4.33. The zero-order chi connectivity index (χ0) is 11.1. The first-order valence-electron chi connectivity index (χ1n) is 5.55. The fourth-order valence-corrected chi connectivity index (χ4v) is 2.82. The molecule has 5 heteroatoms. The SMILES string of the molecule is O=C(c1ccc(Br)o1)N1CC2NCCCC21. The predicted molar refractivity (Wildman–Crippen MR) is 62.3 cm³/mol. The van der Waals surface area contributed by atoms with Gasteiger partial charge < -0.3 is 14.6 Å². The van der Waals surface area contributed by atoms with E-state index in [0.29, 0.717) is 22.5 Å². The third kappa shape index (κ3) is 1.58. The van der Waals surface area contributed by atoms with Crippen LogP contribution >= 0.6 is 15.9 Å². The number of fused-ring (bicyclic) bond motifs is 1. The molecule has 1 aromatic rings. The van der Waals surface area contributed by atoms with Gasteiger partial charge in [0, 0.05) is 18.6 Å². The normalized spacial score (nSPS) is 28.4. The van der Waals surface area contributed by atoms with Gasteiger partial charge in [-0.15, -0.1) is 0 Å². The molecule has 1 N–H and O–H groups in total. The number of hydrogen-bond acceptors (Lipinski definition) is 3. The van der Waals surface area contributed by atoms with E-state index in [9.17, 15) is 4.79 Å². The monoisotopic (exact) mass is 284 g/mol. The first kappa shape index (κ1) is 10.4. The summed E-state index contributed by atoms with van der Waals surface area (Å²) in [6.07, 6.45) is 2.25. The molecule has 0 spiro atoms. The Morgan fingerprint density at radius 1 is 1.56 bits per heavy atom. The number of likely N-dealkylation sites (tertiary alicyclic amines) is 1. The third-order valence-corrected chi connectivity index (χ3v) is 3.81. The minimum Gasteiger partial charge on any atom is -0.444 e. The van der Waals surface area contributed by atoms with Gasteiger partial charge in [-0.3, -0.25) is 4.79 Å². The number of halogens is 1. The second kappa shape index (κ2) is 3.89. The Bertz CT molecular complexity index is 418. The van der Waals surface area contributed by atoms with Gasteiger partial charge in [0.25, 0.3) is 5.91 Å². The van der Waals surface area contributed by atoms with Gasteiger partial charge >= 0.3 is 0 Å². The van der Waals surface area contributed by atoms with E-state index >= 15 is 0 Å². The van der Waals surface area contributed by atoms with E-state index in [1.807, 2.05) is 4.90 Å². The van der Waals surface area contributed by atoms with E-state index in [1.54, 1.807) is 12.1 Å². The fourth-order valence-electron chi connectivity index (χ4n) is 2.51. The Morgan fingerprint density at radius 2 is 2.44 bits per heavy atom. The van der Waals surface area contributed by atoms with Crippen LogP contribution < -0.4 is 5.32 Å². The predicted octanol–water partition coefficient (Wildman–Crippen LogP) is 1.62. The van der Waals surface area contributed by atoms with Crippen molar-refractivity contribution in [2.24, 2.45) is 0 Å². The highest BCUT2D eigenvalue weighted by Crippen LogP contribution is 2.28. The molecular weight excluding hydrogens is 272 g/mol. The molecule has 0 saturated carbocycles. The summed E-state index contributed by atoms with van der Waals surface area (Å²) in [5.74, 6) is 0.437. The van der Waals surface area contributed by atoms with E-state index in [0.717, 1.165) is 25.9 Å². The lowest BCUT2D eigenvalue weighted by atomic mass is 9.88. The quantitative estimate of drug-likeness (QED) is 0.852. The highest BCUT2D eigenvalue weighted by molar-refractivity contribution is 9.10. The van der Waals surface area contributed by atoms with Crippen LogP contribution in [0.4, 0.5) is 0 Å². The van der Waals surface area contributed by atoms with Crippen LogP contribution in [0, 0.1) is 0 Å². The van der Waals surface area contributed by atoms with Gasteiger partial charge in [0.15, 0.2) is 10.4 Å². The molecule has 0 aromatic carbocycles. The first-order chi connectivity index (χ1) is 7.75. The third-order valence-electron chi connectivity index (χ3n) is 3.39. The Balaban J connectivity index is 1.72. The van der Waals surface area contributed by atoms with Crippen molar-refractivity contribution in [3.8, 4) is 0 Å². The van der Waals surface area contributed by atoms with Crippen molar-refractivity contribution in [1.29, 1.82) is 0 Å². The number of carbonyl (C=O) groups is 1. The zero-order valence-corrected chi connectivity index (χ0v) is 10.4. The van der Waals surface area contributed by atoms with E-state index in [-0.39, 0.29) is 5.91 Å². The molecule has 3 heterocycles. The van der Waals surface area contributed by atoms with Gasteiger partial charge in [-0.1, -0.05) is 0 Å². The minimum atomic E-state index is 0.00986. The Kier molecular flexibility index (Phi) is 2.52. The molecule has 2 fully saturated rings.